The first-order valence-corrected chi connectivity index (χ1v) is 10.2. The van der Waals surface area contributed by atoms with E-state index in [0.29, 0.717) is 0 Å². The number of nitrogens with zero attached hydrogens (tertiary/aromatic N) is 3. The van der Waals surface area contributed by atoms with Gasteiger partial charge in [-0.2, -0.15) is 0 Å². The number of aromatic nitrogens is 3. The summed E-state index contributed by atoms with van der Waals surface area (Å²) in [5.74, 6) is 1.59. The topological polar surface area (TPSA) is 49.2 Å². The summed E-state index contributed by atoms with van der Waals surface area (Å²) in [6.45, 7) is 0.753. The number of hydrogen-bond donors (Lipinski definition) is 0. The van der Waals surface area contributed by atoms with E-state index in [9.17, 15) is 0 Å². The van der Waals surface area contributed by atoms with Crippen LogP contribution in [0.1, 0.15) is 16.8 Å². The molecule has 148 valence electrons. The summed E-state index contributed by atoms with van der Waals surface area (Å²) in [7, 11) is 3.33. The Kier molecular flexibility index (Phi) is 5.81. The van der Waals surface area contributed by atoms with Gasteiger partial charge in [-0.3, -0.25) is 0 Å². The van der Waals surface area contributed by atoms with Crippen LogP contribution in [-0.4, -0.2) is 28.8 Å². The summed E-state index contributed by atoms with van der Waals surface area (Å²) in [5, 5.41) is 0. The molecule has 0 aliphatic heterocycles. The van der Waals surface area contributed by atoms with E-state index in [-0.39, 0.29) is 0 Å². The predicted molar refractivity (Wildman–Crippen MR) is 118 cm³/mol. The van der Waals surface area contributed by atoms with Gasteiger partial charge in [0.1, 0.15) is 17.0 Å². The standard InChI is InChI=1S/C23H22BrN3O2/c1-28-19-10-17(11-20(12-19)29-2)8-9-18-14-25-23-21(26-18)13-22(24)27(23)15-16-6-4-3-5-7-16/h3-7,10-14H,8-9,15H2,1-2H3. The fraction of sp³-hybridized carbons (Fsp3) is 0.217. The van der Waals surface area contributed by atoms with Gasteiger partial charge in [-0.25, -0.2) is 9.97 Å². The fourth-order valence-corrected chi connectivity index (χ4v) is 3.86. The summed E-state index contributed by atoms with van der Waals surface area (Å²) in [6, 6.07) is 18.3. The molecule has 2 heterocycles. The van der Waals surface area contributed by atoms with Crippen molar-refractivity contribution in [3.8, 4) is 11.5 Å². The molecule has 0 bridgehead atoms. The molecule has 0 amide bonds. The van der Waals surface area contributed by atoms with Gasteiger partial charge in [0, 0.05) is 6.07 Å². The number of rotatable bonds is 7. The van der Waals surface area contributed by atoms with E-state index in [1.54, 1.807) is 14.2 Å². The molecule has 2 aromatic heterocycles. The molecular weight excluding hydrogens is 430 g/mol. The first-order chi connectivity index (χ1) is 14.2. The molecule has 0 unspecified atom stereocenters. The lowest BCUT2D eigenvalue weighted by atomic mass is 10.1. The number of aryl methyl sites for hydroxylation is 2. The first-order valence-electron chi connectivity index (χ1n) is 9.43. The number of fused-ring (bicyclic) bond motifs is 1. The highest BCUT2D eigenvalue weighted by Crippen LogP contribution is 2.25. The van der Waals surface area contributed by atoms with Gasteiger partial charge in [-0.15, -0.1) is 0 Å². The van der Waals surface area contributed by atoms with E-state index in [1.165, 1.54) is 5.56 Å². The fourth-order valence-electron chi connectivity index (χ4n) is 3.35. The number of methoxy groups -OCH3 is 2. The number of hydrogen-bond acceptors (Lipinski definition) is 4. The molecule has 0 radical (unpaired) electrons. The van der Waals surface area contributed by atoms with Gasteiger partial charge in [0.15, 0.2) is 5.65 Å². The van der Waals surface area contributed by atoms with Crippen molar-refractivity contribution in [3.63, 3.8) is 0 Å². The lowest BCUT2D eigenvalue weighted by Gasteiger charge is -2.09. The second-order valence-corrected chi connectivity index (χ2v) is 7.64. The second kappa shape index (κ2) is 8.66. The van der Waals surface area contributed by atoms with Crippen molar-refractivity contribution >= 4 is 27.1 Å². The van der Waals surface area contributed by atoms with Crippen molar-refractivity contribution < 1.29 is 9.47 Å². The first kappa shape index (κ1) is 19.5. The maximum Gasteiger partial charge on any atom is 0.159 e. The van der Waals surface area contributed by atoms with E-state index in [4.69, 9.17) is 19.4 Å². The quantitative estimate of drug-likeness (QED) is 0.394. The molecular formula is C23H22BrN3O2. The van der Waals surface area contributed by atoms with Crippen LogP contribution >= 0.6 is 15.9 Å². The van der Waals surface area contributed by atoms with Crippen molar-refractivity contribution in [2.24, 2.45) is 0 Å². The van der Waals surface area contributed by atoms with Crippen molar-refractivity contribution in [3.05, 3.63) is 82.2 Å². The molecule has 0 atom stereocenters. The Morgan fingerprint density at radius 1 is 0.897 bits per heavy atom. The Labute approximate surface area is 178 Å². The van der Waals surface area contributed by atoms with Crippen LogP contribution in [0.15, 0.2) is 65.4 Å². The zero-order valence-corrected chi connectivity index (χ0v) is 18.0. The van der Waals surface area contributed by atoms with Crippen LogP contribution in [0, 0.1) is 0 Å². The average Bonchev–Trinajstić information content (AvgIpc) is 3.07. The Hall–Kier alpha value is -2.86. The smallest absolute Gasteiger partial charge is 0.159 e. The Morgan fingerprint density at radius 3 is 2.31 bits per heavy atom. The molecule has 0 aliphatic carbocycles. The summed E-state index contributed by atoms with van der Waals surface area (Å²) >= 11 is 3.65. The Balaban J connectivity index is 1.54. The zero-order valence-electron chi connectivity index (χ0n) is 16.4. The third-order valence-corrected chi connectivity index (χ3v) is 5.52. The van der Waals surface area contributed by atoms with Gasteiger partial charge in [0.2, 0.25) is 0 Å². The van der Waals surface area contributed by atoms with Gasteiger partial charge in [-0.1, -0.05) is 30.3 Å². The minimum atomic E-state index is 0.753. The third-order valence-electron chi connectivity index (χ3n) is 4.86. The number of benzene rings is 2. The molecule has 2 aromatic carbocycles. The van der Waals surface area contributed by atoms with Gasteiger partial charge >= 0.3 is 0 Å². The summed E-state index contributed by atoms with van der Waals surface area (Å²) in [6.07, 6.45) is 3.49. The van der Waals surface area contributed by atoms with Crippen molar-refractivity contribution in [2.45, 2.75) is 19.4 Å². The Morgan fingerprint density at radius 2 is 1.62 bits per heavy atom. The highest BCUT2D eigenvalue weighted by molar-refractivity contribution is 9.10. The highest BCUT2D eigenvalue weighted by Gasteiger charge is 2.11. The molecule has 0 saturated carbocycles. The van der Waals surface area contributed by atoms with Gasteiger partial charge in [0.05, 0.1) is 37.3 Å². The minimum Gasteiger partial charge on any atom is -0.497 e. The normalized spacial score (nSPS) is 11.0. The number of halogens is 1. The van der Waals surface area contributed by atoms with Crippen LogP contribution in [0.3, 0.4) is 0 Å². The third kappa shape index (κ3) is 4.43. The van der Waals surface area contributed by atoms with Gasteiger partial charge in [-0.05, 0) is 58.1 Å². The van der Waals surface area contributed by atoms with Crippen molar-refractivity contribution in [1.29, 1.82) is 0 Å². The maximum absolute atomic E-state index is 5.36. The van der Waals surface area contributed by atoms with Gasteiger partial charge in [0.25, 0.3) is 0 Å². The summed E-state index contributed by atoms with van der Waals surface area (Å²) < 4.78 is 13.8. The van der Waals surface area contributed by atoms with Crippen LogP contribution in [0.2, 0.25) is 0 Å². The Bertz CT molecular complexity index is 1100. The van der Waals surface area contributed by atoms with E-state index < -0.39 is 0 Å². The predicted octanol–water partition coefficient (Wildman–Crippen LogP) is 5.04. The molecule has 0 spiro atoms. The number of ether oxygens (including phenoxy) is 2. The SMILES string of the molecule is COc1cc(CCc2cnc3c(cc(Br)n3Cc3ccccc3)n2)cc(OC)c1. The molecule has 0 saturated heterocycles. The van der Waals surface area contributed by atoms with Crippen LogP contribution in [0.25, 0.3) is 11.2 Å². The molecule has 29 heavy (non-hydrogen) atoms. The van der Waals surface area contributed by atoms with Crippen LogP contribution in [0.4, 0.5) is 0 Å². The van der Waals surface area contributed by atoms with Crippen molar-refractivity contribution in [1.82, 2.24) is 14.5 Å². The van der Waals surface area contributed by atoms with Gasteiger partial charge < -0.3 is 14.0 Å². The maximum atomic E-state index is 5.36. The average molecular weight is 452 g/mol. The zero-order chi connectivity index (χ0) is 20.2. The van der Waals surface area contributed by atoms with Crippen LogP contribution in [0.5, 0.6) is 11.5 Å². The highest BCUT2D eigenvalue weighted by atomic mass is 79.9. The van der Waals surface area contributed by atoms with Crippen molar-refractivity contribution in [2.75, 3.05) is 14.2 Å². The molecule has 4 aromatic rings. The van der Waals surface area contributed by atoms with E-state index in [1.807, 2.05) is 48.7 Å². The second-order valence-electron chi connectivity index (χ2n) is 6.83. The lowest BCUT2D eigenvalue weighted by molar-refractivity contribution is 0.393. The largest absolute Gasteiger partial charge is 0.497 e. The van der Waals surface area contributed by atoms with E-state index >= 15 is 0 Å². The monoisotopic (exact) mass is 451 g/mol. The van der Waals surface area contributed by atoms with E-state index in [2.05, 4.69) is 32.6 Å². The molecule has 6 heteroatoms. The lowest BCUT2D eigenvalue weighted by Crippen LogP contribution is -2.02. The molecule has 0 fully saturated rings. The molecule has 5 nitrogen and oxygen atoms in total. The summed E-state index contributed by atoms with van der Waals surface area (Å²) in [4.78, 5) is 9.52. The minimum absolute atomic E-state index is 0.753. The molecule has 0 aliphatic rings. The molecule has 0 N–H and O–H groups in total. The molecule has 4 rings (SSSR count). The van der Waals surface area contributed by atoms with E-state index in [0.717, 1.165) is 57.9 Å². The van der Waals surface area contributed by atoms with Crippen LogP contribution in [-0.2, 0) is 19.4 Å². The summed E-state index contributed by atoms with van der Waals surface area (Å²) in [5.41, 5.74) is 5.11. The van der Waals surface area contributed by atoms with Crippen LogP contribution < -0.4 is 9.47 Å².